The highest BCUT2D eigenvalue weighted by Crippen LogP contribution is 2.25. The van der Waals surface area contributed by atoms with Crippen LogP contribution < -0.4 is 5.73 Å². The van der Waals surface area contributed by atoms with Gasteiger partial charge >= 0.3 is 6.18 Å². The zero-order valence-electron chi connectivity index (χ0n) is 12.1. The van der Waals surface area contributed by atoms with Gasteiger partial charge in [-0.1, -0.05) is 0 Å². The Morgan fingerprint density at radius 2 is 1.90 bits per heavy atom. The van der Waals surface area contributed by atoms with E-state index < -0.39 is 29.2 Å². The Bertz CT molecular complexity index is 595. The van der Waals surface area contributed by atoms with Crippen LogP contribution in [-0.2, 0) is 16.6 Å². The molecule has 0 saturated carbocycles. The third kappa shape index (κ3) is 4.17. The first-order valence-corrected chi connectivity index (χ1v) is 7.72. The second-order valence-electron chi connectivity index (χ2n) is 4.70. The summed E-state index contributed by atoms with van der Waals surface area (Å²) >= 11 is 0. The predicted octanol–water partition coefficient (Wildman–Crippen LogP) is 1.03. The molecule has 1 heterocycles. The summed E-state index contributed by atoms with van der Waals surface area (Å²) in [6.07, 6.45) is -5.60. The highest BCUT2D eigenvalue weighted by molar-refractivity contribution is 7.89. The Balaban J connectivity index is 3.08. The molecule has 10 heteroatoms. The first-order chi connectivity index (χ1) is 9.50. The molecule has 0 aliphatic rings. The monoisotopic (exact) mass is 328 g/mol. The lowest BCUT2D eigenvalue weighted by Gasteiger charge is -2.18. The molecule has 122 valence electrons. The first kappa shape index (κ1) is 17.9. The number of aryl methyl sites for hydroxylation is 1. The Labute approximate surface area is 121 Å². The van der Waals surface area contributed by atoms with Crippen molar-refractivity contribution in [3.05, 3.63) is 11.4 Å². The van der Waals surface area contributed by atoms with Crippen LogP contribution in [0.3, 0.4) is 0 Å². The Morgan fingerprint density at radius 1 is 1.33 bits per heavy atom. The van der Waals surface area contributed by atoms with Crippen LogP contribution in [0.15, 0.2) is 4.90 Å². The summed E-state index contributed by atoms with van der Waals surface area (Å²) in [6, 6.07) is 0. The Hall–Kier alpha value is -1.13. The lowest BCUT2D eigenvalue weighted by Crippen LogP contribution is -2.31. The lowest BCUT2D eigenvalue weighted by molar-refractivity contribution is -0.135. The molecular weight excluding hydrogens is 309 g/mol. The number of sulfonamides is 1. The molecule has 0 aliphatic carbocycles. The molecule has 0 saturated heterocycles. The predicted molar refractivity (Wildman–Crippen MR) is 71.2 cm³/mol. The van der Waals surface area contributed by atoms with E-state index >= 15 is 0 Å². The molecule has 0 aliphatic heterocycles. The maximum absolute atomic E-state index is 12.4. The minimum Gasteiger partial charge on any atom is -0.329 e. The standard InChI is InChI=1S/C11H19F3N4O2S/c1-8-10(9(2)18(16-8)7-5-15)21(19,20)17(3)6-4-11(12,13)14/h4-7,15H2,1-3H3. The second-order valence-corrected chi connectivity index (χ2v) is 6.69. The van der Waals surface area contributed by atoms with Crippen molar-refractivity contribution in [1.29, 1.82) is 0 Å². The molecule has 21 heavy (non-hydrogen) atoms. The number of nitrogens with two attached hydrogens (primary N) is 1. The van der Waals surface area contributed by atoms with Gasteiger partial charge in [0.2, 0.25) is 10.0 Å². The molecule has 2 N–H and O–H groups in total. The van der Waals surface area contributed by atoms with Gasteiger partial charge in [-0.25, -0.2) is 12.7 Å². The quantitative estimate of drug-likeness (QED) is 0.846. The number of nitrogens with zero attached hydrogens (tertiary/aromatic N) is 3. The van der Waals surface area contributed by atoms with Crippen LogP contribution in [-0.4, -0.2) is 48.8 Å². The fourth-order valence-electron chi connectivity index (χ4n) is 1.95. The fourth-order valence-corrected chi connectivity index (χ4v) is 3.49. The summed E-state index contributed by atoms with van der Waals surface area (Å²) < 4.78 is 63.6. The Morgan fingerprint density at radius 3 is 2.38 bits per heavy atom. The van der Waals surface area contributed by atoms with Crippen LogP contribution in [0.25, 0.3) is 0 Å². The van der Waals surface area contributed by atoms with Gasteiger partial charge in [-0.2, -0.15) is 18.3 Å². The van der Waals surface area contributed by atoms with Crippen molar-refractivity contribution < 1.29 is 21.6 Å². The normalized spacial score (nSPS) is 13.1. The molecular formula is C11H19F3N4O2S. The van der Waals surface area contributed by atoms with Crippen molar-refractivity contribution in [3.8, 4) is 0 Å². The SMILES string of the molecule is Cc1nn(CCN)c(C)c1S(=O)(=O)N(C)CCC(F)(F)F. The molecule has 1 aromatic rings. The molecule has 0 bridgehead atoms. The van der Waals surface area contributed by atoms with Gasteiger partial charge in [0.05, 0.1) is 24.4 Å². The van der Waals surface area contributed by atoms with Gasteiger partial charge in [0.1, 0.15) is 4.90 Å². The fraction of sp³-hybridized carbons (Fsp3) is 0.727. The highest BCUT2D eigenvalue weighted by Gasteiger charge is 2.33. The van der Waals surface area contributed by atoms with E-state index in [1.807, 2.05) is 0 Å². The molecule has 1 rings (SSSR count). The van der Waals surface area contributed by atoms with Gasteiger partial charge in [-0.15, -0.1) is 0 Å². The largest absolute Gasteiger partial charge is 0.390 e. The van der Waals surface area contributed by atoms with Crippen LogP contribution in [0, 0.1) is 13.8 Å². The Kier molecular flexibility index (Phi) is 5.40. The van der Waals surface area contributed by atoms with Gasteiger partial charge in [0, 0.05) is 20.1 Å². The molecule has 1 aromatic heterocycles. The summed E-state index contributed by atoms with van der Waals surface area (Å²) in [5.41, 5.74) is 6.03. The van der Waals surface area contributed by atoms with Crippen LogP contribution in [0.1, 0.15) is 17.8 Å². The highest BCUT2D eigenvalue weighted by atomic mass is 32.2. The third-order valence-corrected chi connectivity index (χ3v) is 5.14. The number of rotatable bonds is 6. The van der Waals surface area contributed by atoms with E-state index in [0.717, 1.165) is 7.05 Å². The number of hydrogen-bond donors (Lipinski definition) is 1. The van der Waals surface area contributed by atoms with Crippen LogP contribution in [0.2, 0.25) is 0 Å². The molecule has 0 unspecified atom stereocenters. The number of hydrogen-bond acceptors (Lipinski definition) is 4. The van der Waals surface area contributed by atoms with Crippen molar-refractivity contribution in [1.82, 2.24) is 14.1 Å². The summed E-state index contributed by atoms with van der Waals surface area (Å²) in [6.45, 7) is 3.05. The minimum absolute atomic E-state index is 0.0550. The molecule has 6 nitrogen and oxygen atoms in total. The number of halogens is 3. The van der Waals surface area contributed by atoms with Gasteiger partial charge in [-0.3, -0.25) is 4.68 Å². The summed E-state index contributed by atoms with van der Waals surface area (Å²) in [4.78, 5) is -0.0550. The smallest absolute Gasteiger partial charge is 0.329 e. The van der Waals surface area contributed by atoms with E-state index in [2.05, 4.69) is 5.10 Å². The van der Waals surface area contributed by atoms with Crippen molar-refractivity contribution in [2.45, 2.75) is 37.9 Å². The van der Waals surface area contributed by atoms with E-state index in [4.69, 9.17) is 5.73 Å². The second kappa shape index (κ2) is 6.32. The van der Waals surface area contributed by atoms with E-state index in [-0.39, 0.29) is 17.1 Å². The van der Waals surface area contributed by atoms with Gasteiger partial charge < -0.3 is 5.73 Å². The van der Waals surface area contributed by atoms with Crippen molar-refractivity contribution in [3.63, 3.8) is 0 Å². The first-order valence-electron chi connectivity index (χ1n) is 6.28. The van der Waals surface area contributed by atoms with Crippen molar-refractivity contribution in [2.24, 2.45) is 5.73 Å². The van der Waals surface area contributed by atoms with E-state index in [0.29, 0.717) is 16.5 Å². The summed E-state index contributed by atoms with van der Waals surface area (Å²) in [7, 11) is -2.89. The lowest BCUT2D eigenvalue weighted by atomic mass is 10.4. The molecule has 0 spiro atoms. The average Bonchev–Trinajstić information content (AvgIpc) is 2.61. The topological polar surface area (TPSA) is 81.2 Å². The number of aromatic nitrogens is 2. The molecule has 0 atom stereocenters. The third-order valence-electron chi connectivity index (χ3n) is 3.03. The van der Waals surface area contributed by atoms with E-state index in [9.17, 15) is 21.6 Å². The zero-order valence-corrected chi connectivity index (χ0v) is 12.9. The molecule has 0 radical (unpaired) electrons. The maximum Gasteiger partial charge on any atom is 0.390 e. The zero-order chi connectivity index (χ0) is 16.4. The van der Waals surface area contributed by atoms with Crippen LogP contribution in [0.5, 0.6) is 0 Å². The van der Waals surface area contributed by atoms with E-state index in [1.54, 1.807) is 6.92 Å². The maximum atomic E-state index is 12.4. The molecule has 0 fully saturated rings. The van der Waals surface area contributed by atoms with Gasteiger partial charge in [0.25, 0.3) is 0 Å². The summed E-state index contributed by atoms with van der Waals surface area (Å²) in [5.74, 6) is 0. The molecule has 0 amide bonds. The van der Waals surface area contributed by atoms with Crippen LogP contribution in [0.4, 0.5) is 13.2 Å². The molecule has 0 aromatic carbocycles. The van der Waals surface area contributed by atoms with Crippen LogP contribution >= 0.6 is 0 Å². The average molecular weight is 328 g/mol. The minimum atomic E-state index is -4.41. The van der Waals surface area contributed by atoms with Crippen molar-refractivity contribution >= 4 is 10.0 Å². The number of alkyl halides is 3. The van der Waals surface area contributed by atoms with Gasteiger partial charge in [0.15, 0.2) is 0 Å². The van der Waals surface area contributed by atoms with E-state index in [1.165, 1.54) is 11.6 Å². The van der Waals surface area contributed by atoms with Gasteiger partial charge in [-0.05, 0) is 13.8 Å². The van der Waals surface area contributed by atoms with Crippen molar-refractivity contribution in [2.75, 3.05) is 20.1 Å². The summed E-state index contributed by atoms with van der Waals surface area (Å²) in [5, 5.41) is 4.07.